The molecule has 1 N–H and O–H groups in total. The minimum atomic E-state index is 0.154. The van der Waals surface area contributed by atoms with Crippen molar-refractivity contribution >= 4 is 17.2 Å². The quantitative estimate of drug-likeness (QED) is 0.824. The van der Waals surface area contributed by atoms with Gasteiger partial charge in [-0.2, -0.15) is 0 Å². The largest absolute Gasteiger partial charge is 0.342 e. The molecule has 1 heterocycles. The summed E-state index contributed by atoms with van der Waals surface area (Å²) in [6, 6.07) is 0.187. The molecule has 1 aromatic heterocycles. The Kier molecular flexibility index (Phi) is 5.42. The van der Waals surface area contributed by atoms with E-state index < -0.39 is 0 Å². The average Bonchev–Trinajstić information content (AvgIpc) is 2.81. The third kappa shape index (κ3) is 3.57. The molecule has 0 aliphatic rings. The summed E-state index contributed by atoms with van der Waals surface area (Å²) in [7, 11) is 0. The maximum Gasteiger partial charge on any atom is 0.236 e. The van der Waals surface area contributed by atoms with Crippen LogP contribution < -0.4 is 5.32 Å². The molecule has 0 bridgehead atoms. The number of thiazole rings is 1. The lowest BCUT2D eigenvalue weighted by Gasteiger charge is -2.20. The minimum Gasteiger partial charge on any atom is -0.342 e. The molecule has 5 heteroatoms. The lowest BCUT2D eigenvalue weighted by molar-refractivity contribution is -0.129. The predicted octanol–water partition coefficient (Wildman–Crippen LogP) is 1.66. The number of carbonyl (C=O) groups excluding carboxylic acids is 1. The van der Waals surface area contributed by atoms with Crippen LogP contribution >= 0.6 is 11.3 Å². The zero-order chi connectivity index (χ0) is 12.0. The van der Waals surface area contributed by atoms with E-state index >= 15 is 0 Å². The van der Waals surface area contributed by atoms with Crippen LogP contribution in [0.1, 0.15) is 31.7 Å². The van der Waals surface area contributed by atoms with E-state index in [-0.39, 0.29) is 11.9 Å². The Hall–Kier alpha value is -0.940. The van der Waals surface area contributed by atoms with E-state index in [9.17, 15) is 4.79 Å². The summed E-state index contributed by atoms with van der Waals surface area (Å²) in [5.74, 6) is 0.154. The molecule has 90 valence electrons. The molecule has 1 rings (SSSR count). The Morgan fingerprint density at radius 2 is 2.25 bits per heavy atom. The van der Waals surface area contributed by atoms with Gasteiger partial charge in [0.2, 0.25) is 5.91 Å². The van der Waals surface area contributed by atoms with Crippen molar-refractivity contribution in [2.45, 2.75) is 26.8 Å². The molecule has 1 atom stereocenters. The molecule has 0 saturated carbocycles. The normalized spacial score (nSPS) is 12.4. The number of carbonyl (C=O) groups is 1. The molecular weight excluding hydrogens is 222 g/mol. The summed E-state index contributed by atoms with van der Waals surface area (Å²) >= 11 is 1.60. The Labute approximate surface area is 101 Å². The molecule has 0 fully saturated rings. The van der Waals surface area contributed by atoms with Crippen molar-refractivity contribution in [2.75, 3.05) is 19.6 Å². The third-order valence-corrected chi connectivity index (χ3v) is 3.51. The van der Waals surface area contributed by atoms with Gasteiger partial charge in [-0.05, 0) is 20.8 Å². The maximum atomic E-state index is 11.7. The minimum absolute atomic E-state index is 0.154. The number of amides is 1. The second-order valence-corrected chi connectivity index (χ2v) is 4.49. The molecule has 16 heavy (non-hydrogen) atoms. The van der Waals surface area contributed by atoms with Crippen molar-refractivity contribution in [1.82, 2.24) is 15.2 Å². The van der Waals surface area contributed by atoms with E-state index in [2.05, 4.69) is 10.3 Å². The van der Waals surface area contributed by atoms with Gasteiger partial charge in [0.15, 0.2) is 0 Å². The van der Waals surface area contributed by atoms with Crippen LogP contribution in [0, 0.1) is 0 Å². The standard InChI is InChI=1S/C11H19N3OS/c1-4-14(5-2)11(15)7-13-9(3)10-6-12-8-16-10/h6,8-9,13H,4-5,7H2,1-3H3. The molecule has 1 aromatic rings. The first kappa shape index (κ1) is 13.1. The van der Waals surface area contributed by atoms with Crippen molar-refractivity contribution in [3.8, 4) is 0 Å². The second-order valence-electron chi connectivity index (χ2n) is 3.57. The molecule has 0 aliphatic heterocycles. The van der Waals surface area contributed by atoms with Gasteiger partial charge in [0.25, 0.3) is 0 Å². The van der Waals surface area contributed by atoms with Gasteiger partial charge < -0.3 is 10.2 Å². The topological polar surface area (TPSA) is 45.2 Å². The van der Waals surface area contributed by atoms with Crippen LogP contribution in [0.3, 0.4) is 0 Å². The van der Waals surface area contributed by atoms with E-state index in [0.29, 0.717) is 6.54 Å². The van der Waals surface area contributed by atoms with Crippen LogP contribution in [-0.2, 0) is 4.79 Å². The first-order valence-corrected chi connectivity index (χ1v) is 6.46. The van der Waals surface area contributed by atoms with Crippen LogP contribution in [0.5, 0.6) is 0 Å². The highest BCUT2D eigenvalue weighted by atomic mass is 32.1. The summed E-state index contributed by atoms with van der Waals surface area (Å²) in [6.45, 7) is 7.96. The van der Waals surface area contributed by atoms with Crippen molar-refractivity contribution in [2.24, 2.45) is 0 Å². The molecule has 0 aliphatic carbocycles. The van der Waals surface area contributed by atoms with Gasteiger partial charge in [-0.15, -0.1) is 11.3 Å². The monoisotopic (exact) mass is 241 g/mol. The summed E-state index contributed by atoms with van der Waals surface area (Å²) in [4.78, 5) is 18.7. The van der Waals surface area contributed by atoms with Crippen molar-refractivity contribution in [3.63, 3.8) is 0 Å². The molecule has 4 nitrogen and oxygen atoms in total. The summed E-state index contributed by atoms with van der Waals surface area (Å²) in [5.41, 5.74) is 1.81. The molecule has 0 saturated heterocycles. The molecule has 0 aromatic carbocycles. The lowest BCUT2D eigenvalue weighted by atomic mass is 10.3. The number of likely N-dealkylation sites (N-methyl/N-ethyl adjacent to an activating group) is 1. The molecule has 0 radical (unpaired) electrons. The van der Waals surface area contributed by atoms with Crippen molar-refractivity contribution in [3.05, 3.63) is 16.6 Å². The molecule has 1 amide bonds. The van der Waals surface area contributed by atoms with Gasteiger partial charge in [0.1, 0.15) is 0 Å². The van der Waals surface area contributed by atoms with Crippen LogP contribution in [0.4, 0.5) is 0 Å². The first-order valence-electron chi connectivity index (χ1n) is 5.58. The fourth-order valence-corrected chi connectivity index (χ4v) is 2.12. The van der Waals surface area contributed by atoms with E-state index in [0.717, 1.165) is 18.0 Å². The van der Waals surface area contributed by atoms with Gasteiger partial charge in [0.05, 0.1) is 12.1 Å². The Morgan fingerprint density at radius 3 is 2.75 bits per heavy atom. The zero-order valence-corrected chi connectivity index (χ0v) is 10.9. The number of aromatic nitrogens is 1. The van der Waals surface area contributed by atoms with Gasteiger partial charge in [-0.25, -0.2) is 0 Å². The number of rotatable bonds is 6. The summed E-state index contributed by atoms with van der Waals surface area (Å²) < 4.78 is 0. The number of hydrogen-bond donors (Lipinski definition) is 1. The SMILES string of the molecule is CCN(CC)C(=O)CNC(C)c1cncs1. The van der Waals surface area contributed by atoms with Crippen LogP contribution in [-0.4, -0.2) is 35.4 Å². The Bertz CT molecular complexity index is 309. The van der Waals surface area contributed by atoms with E-state index in [1.165, 1.54) is 0 Å². The highest BCUT2D eigenvalue weighted by Crippen LogP contribution is 2.15. The summed E-state index contributed by atoms with van der Waals surface area (Å²) in [5, 5.41) is 3.21. The highest BCUT2D eigenvalue weighted by Gasteiger charge is 2.12. The van der Waals surface area contributed by atoms with Gasteiger partial charge in [-0.3, -0.25) is 9.78 Å². The number of nitrogens with zero attached hydrogens (tertiary/aromatic N) is 2. The second kappa shape index (κ2) is 6.60. The molecule has 1 unspecified atom stereocenters. The molecular formula is C11H19N3OS. The van der Waals surface area contributed by atoms with Crippen molar-refractivity contribution < 1.29 is 4.79 Å². The average molecular weight is 241 g/mol. The highest BCUT2D eigenvalue weighted by molar-refractivity contribution is 7.09. The fraction of sp³-hybridized carbons (Fsp3) is 0.636. The van der Waals surface area contributed by atoms with Gasteiger partial charge in [-0.1, -0.05) is 0 Å². The molecule has 0 spiro atoms. The Morgan fingerprint density at radius 1 is 1.56 bits per heavy atom. The smallest absolute Gasteiger partial charge is 0.236 e. The van der Waals surface area contributed by atoms with Gasteiger partial charge >= 0.3 is 0 Å². The maximum absolute atomic E-state index is 11.7. The first-order chi connectivity index (χ1) is 7.69. The van der Waals surface area contributed by atoms with Crippen molar-refractivity contribution in [1.29, 1.82) is 0 Å². The fourth-order valence-electron chi connectivity index (χ4n) is 1.47. The summed E-state index contributed by atoms with van der Waals surface area (Å²) in [6.07, 6.45) is 1.84. The Balaban J connectivity index is 2.37. The van der Waals surface area contributed by atoms with Crippen LogP contribution in [0.2, 0.25) is 0 Å². The van der Waals surface area contributed by atoms with E-state index in [4.69, 9.17) is 0 Å². The van der Waals surface area contributed by atoms with E-state index in [1.807, 2.05) is 31.9 Å². The van der Waals surface area contributed by atoms with E-state index in [1.54, 1.807) is 16.8 Å². The number of nitrogens with one attached hydrogen (secondary N) is 1. The zero-order valence-electron chi connectivity index (χ0n) is 10.1. The van der Waals surface area contributed by atoms with Crippen LogP contribution in [0.15, 0.2) is 11.7 Å². The number of hydrogen-bond acceptors (Lipinski definition) is 4. The van der Waals surface area contributed by atoms with Crippen LogP contribution in [0.25, 0.3) is 0 Å². The third-order valence-electron chi connectivity index (χ3n) is 2.55. The van der Waals surface area contributed by atoms with Gasteiger partial charge in [0, 0.05) is 30.2 Å². The lowest BCUT2D eigenvalue weighted by Crippen LogP contribution is -2.38. The predicted molar refractivity (Wildman–Crippen MR) is 66.5 cm³/mol.